The van der Waals surface area contributed by atoms with E-state index in [2.05, 4.69) is 5.32 Å². The van der Waals surface area contributed by atoms with Gasteiger partial charge >= 0.3 is 0 Å². The third-order valence-electron chi connectivity index (χ3n) is 5.22. The van der Waals surface area contributed by atoms with Crippen LogP contribution in [0.25, 0.3) is 10.8 Å². The number of piperidine rings is 1. The number of carbonyl (C=O) groups is 1. The lowest BCUT2D eigenvalue weighted by atomic mass is 10.1. The maximum absolute atomic E-state index is 12.9. The predicted octanol–water partition coefficient (Wildman–Crippen LogP) is 1.56. The van der Waals surface area contributed by atoms with Gasteiger partial charge in [-0.15, -0.1) is 0 Å². The summed E-state index contributed by atoms with van der Waals surface area (Å²) in [6.45, 7) is 1.19. The Balaban J connectivity index is 1.62. The van der Waals surface area contributed by atoms with Crippen molar-refractivity contribution in [2.45, 2.75) is 23.8 Å². The van der Waals surface area contributed by atoms with Crippen LogP contribution in [0.3, 0.4) is 0 Å². The Morgan fingerprint density at radius 1 is 1.16 bits per heavy atom. The molecule has 25 heavy (non-hydrogen) atoms. The SMILES string of the molecule is CNC1CCN(C(=O)CN2c3cccc4cccc(c34)S2(=O)=O)CC1. The Morgan fingerprint density at radius 2 is 1.84 bits per heavy atom. The molecule has 0 bridgehead atoms. The number of nitrogens with one attached hydrogen (secondary N) is 1. The van der Waals surface area contributed by atoms with Crippen LogP contribution in [-0.2, 0) is 14.8 Å². The summed E-state index contributed by atoms with van der Waals surface area (Å²) in [6.07, 6.45) is 1.79. The number of hydrogen-bond donors (Lipinski definition) is 1. The summed E-state index contributed by atoms with van der Waals surface area (Å²) in [5, 5.41) is 4.82. The van der Waals surface area contributed by atoms with Gasteiger partial charge in [0.05, 0.1) is 10.6 Å². The van der Waals surface area contributed by atoms with Gasteiger partial charge in [0.2, 0.25) is 5.91 Å². The molecule has 2 aromatic carbocycles. The van der Waals surface area contributed by atoms with Gasteiger partial charge in [-0.1, -0.05) is 24.3 Å². The largest absolute Gasteiger partial charge is 0.341 e. The molecule has 7 heteroatoms. The molecule has 132 valence electrons. The number of carbonyl (C=O) groups excluding carboxylic acids is 1. The molecule has 2 heterocycles. The number of sulfonamides is 1. The Hall–Kier alpha value is -2.12. The maximum atomic E-state index is 12.9. The first-order valence-corrected chi connectivity index (χ1v) is 9.96. The predicted molar refractivity (Wildman–Crippen MR) is 97.1 cm³/mol. The summed E-state index contributed by atoms with van der Waals surface area (Å²) >= 11 is 0. The number of rotatable bonds is 3. The van der Waals surface area contributed by atoms with Gasteiger partial charge in [-0.25, -0.2) is 8.42 Å². The number of benzene rings is 2. The molecule has 2 aliphatic heterocycles. The summed E-state index contributed by atoms with van der Waals surface area (Å²) in [6, 6.07) is 11.2. The van der Waals surface area contributed by atoms with Crippen LogP contribution in [-0.4, -0.2) is 51.9 Å². The highest BCUT2D eigenvalue weighted by Crippen LogP contribution is 2.41. The third-order valence-corrected chi connectivity index (χ3v) is 7.02. The fraction of sp³-hybridized carbons (Fsp3) is 0.389. The van der Waals surface area contributed by atoms with Crippen molar-refractivity contribution in [3.05, 3.63) is 36.4 Å². The minimum absolute atomic E-state index is 0.136. The van der Waals surface area contributed by atoms with E-state index in [0.717, 1.165) is 18.2 Å². The molecule has 1 saturated heterocycles. The molecular weight excluding hydrogens is 338 g/mol. The minimum Gasteiger partial charge on any atom is -0.341 e. The van der Waals surface area contributed by atoms with Gasteiger partial charge in [-0.05, 0) is 37.4 Å². The van der Waals surface area contributed by atoms with Crippen molar-refractivity contribution in [3.8, 4) is 0 Å². The molecule has 0 aliphatic carbocycles. The second-order valence-electron chi connectivity index (χ2n) is 6.59. The summed E-state index contributed by atoms with van der Waals surface area (Å²) in [7, 11) is -1.75. The summed E-state index contributed by atoms with van der Waals surface area (Å²) in [5.74, 6) is -0.136. The van der Waals surface area contributed by atoms with Crippen molar-refractivity contribution < 1.29 is 13.2 Å². The highest BCUT2D eigenvalue weighted by Gasteiger charge is 2.37. The van der Waals surface area contributed by atoms with Crippen LogP contribution in [0.5, 0.6) is 0 Å². The lowest BCUT2D eigenvalue weighted by molar-refractivity contribution is -0.130. The van der Waals surface area contributed by atoms with Crippen LogP contribution in [0.4, 0.5) is 5.69 Å². The topological polar surface area (TPSA) is 69.7 Å². The number of hydrogen-bond acceptors (Lipinski definition) is 4. The lowest BCUT2D eigenvalue weighted by Gasteiger charge is -2.33. The second kappa shape index (κ2) is 6.00. The summed E-state index contributed by atoms with van der Waals surface area (Å²) < 4.78 is 27.1. The standard InChI is InChI=1S/C18H21N3O3S/c1-19-14-8-10-20(11-9-14)17(22)12-21-15-6-2-4-13-5-3-7-16(18(13)15)25(21,23)24/h2-7,14,19H,8-12H2,1H3. The zero-order valence-corrected chi connectivity index (χ0v) is 14.9. The fourth-order valence-electron chi connectivity index (χ4n) is 3.77. The van der Waals surface area contributed by atoms with Gasteiger partial charge < -0.3 is 10.2 Å². The number of likely N-dealkylation sites (tertiary alicyclic amines) is 1. The molecule has 0 saturated carbocycles. The van der Waals surface area contributed by atoms with E-state index in [1.807, 2.05) is 25.2 Å². The normalized spacial score (nSPS) is 19.6. The van der Waals surface area contributed by atoms with Crippen LogP contribution in [0, 0.1) is 0 Å². The average molecular weight is 359 g/mol. The molecule has 1 fully saturated rings. The Bertz CT molecular complexity index is 928. The molecule has 1 amide bonds. The van der Waals surface area contributed by atoms with Crippen LogP contribution in [0.1, 0.15) is 12.8 Å². The fourth-order valence-corrected chi connectivity index (χ4v) is 5.43. The van der Waals surface area contributed by atoms with Crippen molar-refractivity contribution in [3.63, 3.8) is 0 Å². The first-order chi connectivity index (χ1) is 12.0. The van der Waals surface area contributed by atoms with E-state index in [0.29, 0.717) is 35.1 Å². The molecule has 0 atom stereocenters. The smallest absolute Gasteiger partial charge is 0.265 e. The van der Waals surface area contributed by atoms with Gasteiger partial charge in [0, 0.05) is 24.5 Å². The van der Waals surface area contributed by atoms with Gasteiger partial charge in [0.1, 0.15) is 6.54 Å². The molecule has 0 aromatic heterocycles. The van der Waals surface area contributed by atoms with Crippen LogP contribution >= 0.6 is 0 Å². The van der Waals surface area contributed by atoms with Gasteiger partial charge in [0.25, 0.3) is 10.0 Å². The maximum Gasteiger partial charge on any atom is 0.265 e. The van der Waals surface area contributed by atoms with Crippen molar-refractivity contribution in [2.75, 3.05) is 31.0 Å². The first kappa shape index (κ1) is 16.4. The van der Waals surface area contributed by atoms with E-state index in [1.54, 1.807) is 23.1 Å². The monoisotopic (exact) mass is 359 g/mol. The Labute approximate surface area is 147 Å². The number of amides is 1. The first-order valence-electron chi connectivity index (χ1n) is 8.52. The zero-order valence-electron chi connectivity index (χ0n) is 14.1. The average Bonchev–Trinajstić information content (AvgIpc) is 2.85. The molecule has 6 nitrogen and oxygen atoms in total. The zero-order chi connectivity index (χ0) is 17.6. The summed E-state index contributed by atoms with van der Waals surface area (Å²) in [4.78, 5) is 14.8. The van der Waals surface area contributed by atoms with Crippen molar-refractivity contribution in [1.82, 2.24) is 10.2 Å². The third kappa shape index (κ3) is 2.58. The molecule has 1 N–H and O–H groups in total. The quantitative estimate of drug-likeness (QED) is 0.903. The number of nitrogens with zero attached hydrogens (tertiary/aromatic N) is 2. The molecule has 0 unspecified atom stereocenters. The Morgan fingerprint density at radius 3 is 2.52 bits per heavy atom. The molecule has 2 aromatic rings. The highest BCUT2D eigenvalue weighted by molar-refractivity contribution is 7.93. The molecule has 0 spiro atoms. The second-order valence-corrected chi connectivity index (χ2v) is 8.42. The number of anilines is 1. The molecule has 4 rings (SSSR count). The van der Waals surface area contributed by atoms with Crippen LogP contribution < -0.4 is 9.62 Å². The molecule has 0 radical (unpaired) electrons. The van der Waals surface area contributed by atoms with Crippen molar-refractivity contribution in [1.29, 1.82) is 0 Å². The van der Waals surface area contributed by atoms with Gasteiger partial charge in [0.15, 0.2) is 0 Å². The summed E-state index contributed by atoms with van der Waals surface area (Å²) in [5.41, 5.74) is 0.603. The Kier molecular flexibility index (Phi) is 3.92. The van der Waals surface area contributed by atoms with Crippen LogP contribution in [0.2, 0.25) is 0 Å². The van der Waals surface area contributed by atoms with E-state index in [-0.39, 0.29) is 12.5 Å². The van der Waals surface area contributed by atoms with Crippen LogP contribution in [0.15, 0.2) is 41.3 Å². The van der Waals surface area contributed by atoms with Gasteiger partial charge in [-0.2, -0.15) is 0 Å². The lowest BCUT2D eigenvalue weighted by Crippen LogP contribution is -2.47. The molecular formula is C18H21N3O3S. The highest BCUT2D eigenvalue weighted by atomic mass is 32.2. The van der Waals surface area contributed by atoms with E-state index in [9.17, 15) is 13.2 Å². The minimum atomic E-state index is -3.67. The van der Waals surface area contributed by atoms with Crippen molar-refractivity contribution >= 4 is 32.4 Å². The molecule has 2 aliphatic rings. The van der Waals surface area contributed by atoms with E-state index >= 15 is 0 Å². The van der Waals surface area contributed by atoms with E-state index in [1.165, 1.54) is 4.31 Å². The van der Waals surface area contributed by atoms with E-state index in [4.69, 9.17) is 0 Å². The van der Waals surface area contributed by atoms with Crippen molar-refractivity contribution in [2.24, 2.45) is 0 Å². The van der Waals surface area contributed by atoms with Gasteiger partial charge in [-0.3, -0.25) is 9.10 Å². The van der Waals surface area contributed by atoms with E-state index < -0.39 is 10.0 Å².